The summed E-state index contributed by atoms with van der Waals surface area (Å²) < 4.78 is 8.90. The van der Waals surface area contributed by atoms with Gasteiger partial charge < -0.3 is 15.0 Å². The molecule has 1 aliphatic rings. The smallest absolute Gasteiger partial charge is 0.139 e. The summed E-state index contributed by atoms with van der Waals surface area (Å²) in [4.78, 5) is 6.97. The molecule has 4 rings (SSSR count). The van der Waals surface area contributed by atoms with Crippen molar-refractivity contribution in [3.05, 3.63) is 47.1 Å². The number of aromatic nitrogens is 2. The Morgan fingerprint density at radius 2 is 2.04 bits per heavy atom. The Kier molecular flexibility index (Phi) is 4.87. The first-order chi connectivity index (χ1) is 12.6. The van der Waals surface area contributed by atoms with E-state index in [4.69, 9.17) is 9.72 Å². The van der Waals surface area contributed by atoms with Crippen molar-refractivity contribution in [1.29, 1.82) is 0 Å². The Hall–Kier alpha value is -2.05. The van der Waals surface area contributed by atoms with Crippen molar-refractivity contribution in [1.82, 2.24) is 9.38 Å². The predicted molar refractivity (Wildman–Crippen MR) is 110 cm³/mol. The molecular formula is C20H23BrN4O. The lowest BCUT2D eigenvalue weighted by molar-refractivity contribution is 0.120. The summed E-state index contributed by atoms with van der Waals surface area (Å²) in [6.07, 6.45) is 4.58. The van der Waals surface area contributed by atoms with Crippen LogP contribution in [-0.4, -0.2) is 42.7 Å². The Labute approximate surface area is 162 Å². The zero-order chi connectivity index (χ0) is 18.1. The molecule has 1 N–H and O–H groups in total. The van der Waals surface area contributed by atoms with Gasteiger partial charge in [0, 0.05) is 49.2 Å². The van der Waals surface area contributed by atoms with Crippen molar-refractivity contribution in [3.8, 4) is 11.3 Å². The van der Waals surface area contributed by atoms with Gasteiger partial charge in [0.05, 0.1) is 6.10 Å². The van der Waals surface area contributed by atoms with Crippen LogP contribution in [0.3, 0.4) is 0 Å². The lowest BCUT2D eigenvalue weighted by atomic mass is 10.1. The highest BCUT2D eigenvalue weighted by Crippen LogP contribution is 2.31. The zero-order valence-electron chi connectivity index (χ0n) is 15.1. The molecule has 3 aromatic rings. The number of ether oxygens (including phenoxy) is 1. The maximum absolute atomic E-state index is 5.77. The van der Waals surface area contributed by atoms with Crippen LogP contribution >= 0.6 is 15.9 Å². The summed E-state index contributed by atoms with van der Waals surface area (Å²) in [5.41, 5.74) is 4.17. The summed E-state index contributed by atoms with van der Waals surface area (Å²) in [5.74, 6) is 1.01. The van der Waals surface area contributed by atoms with Crippen LogP contribution in [0.2, 0.25) is 0 Å². The van der Waals surface area contributed by atoms with E-state index in [-0.39, 0.29) is 6.10 Å². The number of hydrogen-bond donors (Lipinski definition) is 1. The van der Waals surface area contributed by atoms with Gasteiger partial charge in [0.25, 0.3) is 0 Å². The molecule has 0 amide bonds. The minimum atomic E-state index is 0.275. The van der Waals surface area contributed by atoms with Gasteiger partial charge in [-0.3, -0.25) is 4.40 Å². The molecule has 0 saturated carbocycles. The Morgan fingerprint density at radius 1 is 1.23 bits per heavy atom. The number of fused-ring (bicyclic) bond motifs is 1. The van der Waals surface area contributed by atoms with Crippen molar-refractivity contribution in [3.63, 3.8) is 0 Å². The van der Waals surface area contributed by atoms with Gasteiger partial charge in [-0.25, -0.2) is 4.98 Å². The van der Waals surface area contributed by atoms with Crippen molar-refractivity contribution in [2.45, 2.75) is 18.9 Å². The van der Waals surface area contributed by atoms with Gasteiger partial charge in [0.15, 0.2) is 0 Å². The van der Waals surface area contributed by atoms with Crippen LogP contribution in [0.15, 0.2) is 47.1 Å². The van der Waals surface area contributed by atoms with E-state index < -0.39 is 0 Å². The molecule has 1 atom stereocenters. The molecule has 3 heterocycles. The van der Waals surface area contributed by atoms with Crippen LogP contribution < -0.4 is 10.2 Å². The van der Waals surface area contributed by atoms with E-state index >= 15 is 0 Å². The first-order valence-electron chi connectivity index (χ1n) is 8.92. The number of nitrogens with zero attached hydrogens (tertiary/aromatic N) is 3. The van der Waals surface area contributed by atoms with Crippen molar-refractivity contribution >= 4 is 33.1 Å². The fourth-order valence-electron chi connectivity index (χ4n) is 3.32. The molecule has 136 valence electrons. The highest BCUT2D eigenvalue weighted by molar-refractivity contribution is 9.10. The van der Waals surface area contributed by atoms with E-state index in [2.05, 4.69) is 61.0 Å². The molecule has 1 saturated heterocycles. The average molecular weight is 415 g/mol. The molecule has 0 aliphatic carbocycles. The largest absolute Gasteiger partial charge is 0.378 e. The quantitative estimate of drug-likeness (QED) is 0.670. The van der Waals surface area contributed by atoms with Gasteiger partial charge in [-0.2, -0.15) is 0 Å². The van der Waals surface area contributed by atoms with Crippen LogP contribution in [0.25, 0.3) is 16.9 Å². The fourth-order valence-corrected chi connectivity index (χ4v) is 3.66. The lowest BCUT2D eigenvalue weighted by Gasteiger charge is -2.14. The van der Waals surface area contributed by atoms with E-state index in [1.165, 1.54) is 5.69 Å². The third kappa shape index (κ3) is 3.44. The van der Waals surface area contributed by atoms with Crippen LogP contribution in [0.5, 0.6) is 0 Å². The van der Waals surface area contributed by atoms with Gasteiger partial charge >= 0.3 is 0 Å². The number of nitrogens with one attached hydrogen (secondary N) is 1. The van der Waals surface area contributed by atoms with E-state index in [9.17, 15) is 0 Å². The van der Waals surface area contributed by atoms with Crippen molar-refractivity contribution in [2.75, 3.05) is 37.5 Å². The number of benzene rings is 1. The monoisotopic (exact) mass is 414 g/mol. The number of rotatable bonds is 5. The predicted octanol–water partition coefficient (Wildman–Crippen LogP) is 4.42. The number of pyridine rings is 1. The van der Waals surface area contributed by atoms with Gasteiger partial charge in [-0.15, -0.1) is 0 Å². The molecule has 1 aromatic carbocycles. The van der Waals surface area contributed by atoms with Gasteiger partial charge in [0.2, 0.25) is 0 Å². The normalized spacial score (nSPS) is 17.0. The third-order valence-electron chi connectivity index (χ3n) is 4.76. The minimum absolute atomic E-state index is 0.275. The van der Waals surface area contributed by atoms with Crippen LogP contribution in [-0.2, 0) is 4.74 Å². The maximum Gasteiger partial charge on any atom is 0.139 e. The van der Waals surface area contributed by atoms with Crippen molar-refractivity contribution in [2.24, 2.45) is 0 Å². The molecule has 2 aromatic heterocycles. The summed E-state index contributed by atoms with van der Waals surface area (Å²) in [6, 6.07) is 12.6. The molecule has 0 unspecified atom stereocenters. The highest BCUT2D eigenvalue weighted by Gasteiger charge is 2.19. The van der Waals surface area contributed by atoms with Gasteiger partial charge in [-0.1, -0.05) is 12.1 Å². The van der Waals surface area contributed by atoms with E-state index in [0.29, 0.717) is 0 Å². The second-order valence-corrected chi connectivity index (χ2v) is 7.76. The summed E-state index contributed by atoms with van der Waals surface area (Å²) in [7, 11) is 4.10. The molecular weight excluding hydrogens is 392 g/mol. The summed E-state index contributed by atoms with van der Waals surface area (Å²) in [6.45, 7) is 1.66. The molecule has 5 nitrogen and oxygen atoms in total. The van der Waals surface area contributed by atoms with E-state index in [0.717, 1.165) is 53.2 Å². The first-order valence-corrected chi connectivity index (χ1v) is 9.72. The van der Waals surface area contributed by atoms with Crippen LogP contribution in [0.1, 0.15) is 12.8 Å². The molecule has 26 heavy (non-hydrogen) atoms. The minimum Gasteiger partial charge on any atom is -0.378 e. The number of anilines is 2. The van der Waals surface area contributed by atoms with Crippen LogP contribution in [0.4, 0.5) is 11.5 Å². The van der Waals surface area contributed by atoms with E-state index in [1.54, 1.807) is 0 Å². The first kappa shape index (κ1) is 17.4. The Bertz CT molecular complexity index is 898. The number of hydrogen-bond acceptors (Lipinski definition) is 4. The second-order valence-electron chi connectivity index (χ2n) is 6.84. The fraction of sp³-hybridized carbons (Fsp3) is 0.350. The SMILES string of the molecule is CN(C)c1ccc(-c2nc3ccc(Br)cn3c2NC[C@@H]2CCCO2)cc1. The highest BCUT2D eigenvalue weighted by atomic mass is 79.9. The molecule has 0 bridgehead atoms. The maximum atomic E-state index is 5.77. The Morgan fingerprint density at radius 3 is 2.73 bits per heavy atom. The summed E-state index contributed by atoms with van der Waals surface area (Å²) in [5, 5.41) is 3.59. The molecule has 0 spiro atoms. The second kappa shape index (κ2) is 7.29. The third-order valence-corrected chi connectivity index (χ3v) is 5.23. The van der Waals surface area contributed by atoms with Crippen molar-refractivity contribution < 1.29 is 4.74 Å². The molecule has 1 fully saturated rings. The number of imidazole rings is 1. The lowest BCUT2D eigenvalue weighted by Crippen LogP contribution is -2.19. The van der Waals surface area contributed by atoms with Gasteiger partial charge in [0.1, 0.15) is 17.2 Å². The zero-order valence-corrected chi connectivity index (χ0v) is 16.7. The topological polar surface area (TPSA) is 41.8 Å². The van der Waals surface area contributed by atoms with E-state index in [1.807, 2.05) is 26.2 Å². The van der Waals surface area contributed by atoms with Gasteiger partial charge in [-0.05, 0) is 53.0 Å². The standard InChI is InChI=1S/C20H23BrN4O/c1-24(2)16-8-5-14(6-9-16)19-20(22-12-17-4-3-11-26-17)25-13-15(21)7-10-18(25)23-19/h5-10,13,17,22H,3-4,11-12H2,1-2H3/t17-/m0/s1. The number of halogens is 1. The Balaban J connectivity index is 1.73. The average Bonchev–Trinajstić information content (AvgIpc) is 3.27. The van der Waals surface area contributed by atoms with Crippen LogP contribution in [0, 0.1) is 0 Å². The molecule has 0 radical (unpaired) electrons. The molecule has 6 heteroatoms. The molecule has 1 aliphatic heterocycles. The summed E-state index contributed by atoms with van der Waals surface area (Å²) >= 11 is 3.57.